The topological polar surface area (TPSA) is 8.17 Å². The van der Waals surface area contributed by atoms with E-state index in [0.717, 1.165) is 19.0 Å². The van der Waals surface area contributed by atoms with Gasteiger partial charge in [0.15, 0.2) is 0 Å². The Morgan fingerprint density at radius 1 is 0.826 bits per heavy atom. The van der Waals surface area contributed by atoms with E-state index in [1.54, 1.807) is 0 Å². The lowest BCUT2D eigenvalue weighted by Crippen LogP contribution is -2.34. The molecular formula is C21H24N2. The van der Waals surface area contributed by atoms with Crippen molar-refractivity contribution in [2.24, 2.45) is 5.92 Å². The monoisotopic (exact) mass is 304 g/mol. The second kappa shape index (κ2) is 6.59. The van der Waals surface area contributed by atoms with Crippen LogP contribution in [-0.2, 0) is 13.1 Å². The average Bonchev–Trinajstić information content (AvgIpc) is 3.01. The zero-order valence-electron chi connectivity index (χ0n) is 13.6. The molecule has 2 aromatic carbocycles. The Balaban J connectivity index is 1.35. The molecular weight excluding hydrogens is 280 g/mol. The van der Waals surface area contributed by atoms with E-state index in [1.165, 1.54) is 42.4 Å². The number of likely N-dealkylation sites (tertiary alicyclic amines) is 1. The molecule has 2 heterocycles. The summed E-state index contributed by atoms with van der Waals surface area (Å²) in [6.45, 7) is 4.70. The smallest absolute Gasteiger partial charge is 0.0480 e. The number of aromatic nitrogens is 1. The largest absolute Gasteiger partial charge is 0.347 e. The molecule has 0 spiro atoms. The predicted octanol–water partition coefficient (Wildman–Crippen LogP) is 4.55. The summed E-state index contributed by atoms with van der Waals surface area (Å²) in [6, 6.07) is 21.8. The van der Waals surface area contributed by atoms with Crippen molar-refractivity contribution in [3.05, 3.63) is 72.4 Å². The van der Waals surface area contributed by atoms with Gasteiger partial charge in [-0.1, -0.05) is 48.5 Å². The number of piperidine rings is 1. The molecule has 0 bridgehead atoms. The van der Waals surface area contributed by atoms with E-state index in [-0.39, 0.29) is 0 Å². The van der Waals surface area contributed by atoms with E-state index in [1.807, 2.05) is 0 Å². The van der Waals surface area contributed by atoms with Crippen LogP contribution in [0.3, 0.4) is 0 Å². The fourth-order valence-electron chi connectivity index (χ4n) is 3.75. The maximum absolute atomic E-state index is 2.60. The van der Waals surface area contributed by atoms with Crippen LogP contribution in [0.15, 0.2) is 66.9 Å². The summed E-state index contributed by atoms with van der Waals surface area (Å²) in [4.78, 5) is 2.60. The van der Waals surface area contributed by atoms with Crippen molar-refractivity contribution in [2.75, 3.05) is 13.1 Å². The number of nitrogens with zero attached hydrogens (tertiary/aromatic N) is 2. The molecule has 3 aromatic rings. The SMILES string of the molecule is c1ccc(CN2CCC(Cn3ccc4ccccc43)CC2)cc1. The van der Waals surface area contributed by atoms with E-state index in [0.29, 0.717) is 0 Å². The molecule has 1 aliphatic rings. The Bertz CT molecular complexity index is 752. The Morgan fingerprint density at radius 3 is 2.39 bits per heavy atom. The van der Waals surface area contributed by atoms with Crippen molar-refractivity contribution in [1.29, 1.82) is 0 Å². The lowest BCUT2D eigenvalue weighted by atomic mass is 9.96. The van der Waals surface area contributed by atoms with Gasteiger partial charge in [-0.25, -0.2) is 0 Å². The highest BCUT2D eigenvalue weighted by atomic mass is 15.1. The van der Waals surface area contributed by atoms with E-state index in [2.05, 4.69) is 76.3 Å². The third kappa shape index (κ3) is 3.32. The Labute approximate surface area is 138 Å². The lowest BCUT2D eigenvalue weighted by molar-refractivity contribution is 0.168. The summed E-state index contributed by atoms with van der Waals surface area (Å²) in [5.41, 5.74) is 2.81. The van der Waals surface area contributed by atoms with Crippen LogP contribution in [0, 0.1) is 5.92 Å². The van der Waals surface area contributed by atoms with Gasteiger partial charge in [0.1, 0.15) is 0 Å². The minimum Gasteiger partial charge on any atom is -0.347 e. The molecule has 0 amide bonds. The molecule has 4 rings (SSSR count). The Morgan fingerprint density at radius 2 is 1.57 bits per heavy atom. The van der Waals surface area contributed by atoms with Gasteiger partial charge in [0.05, 0.1) is 0 Å². The van der Waals surface area contributed by atoms with Gasteiger partial charge in [-0.3, -0.25) is 4.90 Å². The van der Waals surface area contributed by atoms with Gasteiger partial charge in [0.25, 0.3) is 0 Å². The molecule has 1 fully saturated rings. The number of hydrogen-bond acceptors (Lipinski definition) is 1. The quantitative estimate of drug-likeness (QED) is 0.686. The zero-order chi connectivity index (χ0) is 15.5. The summed E-state index contributed by atoms with van der Waals surface area (Å²) in [7, 11) is 0. The zero-order valence-corrected chi connectivity index (χ0v) is 13.6. The molecule has 1 aliphatic heterocycles. The van der Waals surface area contributed by atoms with Crippen molar-refractivity contribution in [3.63, 3.8) is 0 Å². The number of benzene rings is 2. The number of para-hydroxylation sites is 1. The molecule has 1 saturated heterocycles. The third-order valence-corrected chi connectivity index (χ3v) is 5.09. The molecule has 2 nitrogen and oxygen atoms in total. The van der Waals surface area contributed by atoms with Crippen molar-refractivity contribution in [1.82, 2.24) is 9.47 Å². The first-order valence-corrected chi connectivity index (χ1v) is 8.69. The number of hydrogen-bond donors (Lipinski definition) is 0. The van der Waals surface area contributed by atoms with Gasteiger partial charge in [0.2, 0.25) is 0 Å². The van der Waals surface area contributed by atoms with E-state index in [9.17, 15) is 0 Å². The maximum atomic E-state index is 2.60. The molecule has 0 atom stereocenters. The van der Waals surface area contributed by atoms with Crippen LogP contribution in [0.1, 0.15) is 18.4 Å². The van der Waals surface area contributed by atoms with E-state index >= 15 is 0 Å². The molecule has 0 saturated carbocycles. The molecule has 0 aliphatic carbocycles. The summed E-state index contributed by atoms with van der Waals surface area (Å²) in [5.74, 6) is 0.804. The maximum Gasteiger partial charge on any atom is 0.0480 e. The van der Waals surface area contributed by atoms with Gasteiger partial charge in [-0.15, -0.1) is 0 Å². The lowest BCUT2D eigenvalue weighted by Gasteiger charge is -2.32. The standard InChI is InChI=1S/C21H24N2/c1-2-6-18(7-3-1)16-22-13-10-19(11-14-22)17-23-15-12-20-8-4-5-9-21(20)23/h1-9,12,15,19H,10-11,13-14,16-17H2. The first kappa shape index (κ1) is 14.5. The highest BCUT2D eigenvalue weighted by molar-refractivity contribution is 5.79. The normalized spacial score (nSPS) is 16.9. The molecule has 23 heavy (non-hydrogen) atoms. The molecule has 2 heteroatoms. The van der Waals surface area contributed by atoms with Crippen LogP contribution in [-0.4, -0.2) is 22.6 Å². The van der Waals surface area contributed by atoms with Crippen LogP contribution < -0.4 is 0 Å². The molecule has 0 unspecified atom stereocenters. The summed E-state index contributed by atoms with van der Waals surface area (Å²) < 4.78 is 2.44. The second-order valence-electron chi connectivity index (χ2n) is 6.73. The van der Waals surface area contributed by atoms with Crippen LogP contribution in [0.2, 0.25) is 0 Å². The number of rotatable bonds is 4. The molecule has 118 valence electrons. The summed E-state index contributed by atoms with van der Waals surface area (Å²) in [6.07, 6.45) is 4.86. The van der Waals surface area contributed by atoms with E-state index < -0.39 is 0 Å². The van der Waals surface area contributed by atoms with Crippen molar-refractivity contribution >= 4 is 10.9 Å². The Hall–Kier alpha value is -2.06. The minimum atomic E-state index is 0.804. The van der Waals surface area contributed by atoms with Crippen molar-refractivity contribution in [3.8, 4) is 0 Å². The predicted molar refractivity (Wildman–Crippen MR) is 96.4 cm³/mol. The minimum absolute atomic E-state index is 0.804. The van der Waals surface area contributed by atoms with Crippen LogP contribution in [0.25, 0.3) is 10.9 Å². The molecule has 1 aromatic heterocycles. The average molecular weight is 304 g/mol. The summed E-state index contributed by atoms with van der Waals surface area (Å²) >= 11 is 0. The Kier molecular flexibility index (Phi) is 4.16. The van der Waals surface area contributed by atoms with Gasteiger partial charge >= 0.3 is 0 Å². The van der Waals surface area contributed by atoms with Crippen molar-refractivity contribution < 1.29 is 0 Å². The highest BCUT2D eigenvalue weighted by Crippen LogP contribution is 2.23. The van der Waals surface area contributed by atoms with Crippen LogP contribution in [0.4, 0.5) is 0 Å². The number of fused-ring (bicyclic) bond motifs is 1. The van der Waals surface area contributed by atoms with Crippen LogP contribution >= 0.6 is 0 Å². The van der Waals surface area contributed by atoms with Gasteiger partial charge in [-0.05, 0) is 54.9 Å². The third-order valence-electron chi connectivity index (χ3n) is 5.09. The first-order valence-electron chi connectivity index (χ1n) is 8.69. The van der Waals surface area contributed by atoms with Crippen LogP contribution in [0.5, 0.6) is 0 Å². The highest BCUT2D eigenvalue weighted by Gasteiger charge is 2.19. The summed E-state index contributed by atoms with van der Waals surface area (Å²) in [5, 5.41) is 1.36. The fraction of sp³-hybridized carbons (Fsp3) is 0.333. The second-order valence-corrected chi connectivity index (χ2v) is 6.73. The van der Waals surface area contributed by atoms with Gasteiger partial charge in [0, 0.05) is 24.8 Å². The first-order chi connectivity index (χ1) is 11.4. The molecule has 0 radical (unpaired) electrons. The van der Waals surface area contributed by atoms with Crippen molar-refractivity contribution in [2.45, 2.75) is 25.9 Å². The molecule has 0 N–H and O–H groups in total. The van der Waals surface area contributed by atoms with E-state index in [4.69, 9.17) is 0 Å². The fourth-order valence-corrected chi connectivity index (χ4v) is 3.75. The van der Waals surface area contributed by atoms with Gasteiger partial charge < -0.3 is 4.57 Å². The van der Waals surface area contributed by atoms with Gasteiger partial charge in [-0.2, -0.15) is 0 Å².